The van der Waals surface area contributed by atoms with E-state index in [0.29, 0.717) is 12.5 Å². The molecule has 0 spiro atoms. The second kappa shape index (κ2) is 8.08. The molecule has 0 radical (unpaired) electrons. The summed E-state index contributed by atoms with van der Waals surface area (Å²) in [5.74, 6) is 1.56. The Labute approximate surface area is 149 Å². The standard InChI is InChI=1S/C18H26N2O3.ClH/c1-22-15-11-12-8-10-20(9-4-3-5-16(19)21)14-7-6-13(17(12)14)18(15)23-2;/h11,14H,3-10H2,1-2H3,(H2,19,21);1H. The van der Waals surface area contributed by atoms with Crippen LogP contribution in [-0.2, 0) is 17.6 Å². The van der Waals surface area contributed by atoms with Crippen LogP contribution >= 0.6 is 12.4 Å². The zero-order valence-corrected chi connectivity index (χ0v) is 15.3. The molecule has 0 aromatic heterocycles. The maximum atomic E-state index is 10.9. The maximum Gasteiger partial charge on any atom is 0.217 e. The number of rotatable bonds is 7. The lowest BCUT2D eigenvalue weighted by molar-refractivity contribution is -0.118. The summed E-state index contributed by atoms with van der Waals surface area (Å²) in [6.45, 7) is 2.11. The fraction of sp³-hybridized carbons (Fsp3) is 0.611. The highest BCUT2D eigenvalue weighted by atomic mass is 35.5. The van der Waals surface area contributed by atoms with Crippen molar-refractivity contribution in [2.24, 2.45) is 5.73 Å². The minimum absolute atomic E-state index is 0. The Balaban J connectivity index is 0.00000208. The molecule has 1 aliphatic heterocycles. The number of methoxy groups -OCH3 is 2. The van der Waals surface area contributed by atoms with E-state index in [2.05, 4.69) is 11.0 Å². The molecule has 2 aliphatic rings. The van der Waals surface area contributed by atoms with E-state index < -0.39 is 0 Å². The van der Waals surface area contributed by atoms with Crippen LogP contribution < -0.4 is 15.2 Å². The summed E-state index contributed by atoms with van der Waals surface area (Å²) < 4.78 is 11.1. The molecular formula is C18H27ClN2O3. The number of nitrogens with zero attached hydrogens (tertiary/aromatic N) is 1. The van der Waals surface area contributed by atoms with E-state index >= 15 is 0 Å². The fourth-order valence-corrected chi connectivity index (χ4v) is 4.10. The normalized spacial score (nSPS) is 18.7. The Kier molecular flexibility index (Phi) is 6.35. The van der Waals surface area contributed by atoms with Gasteiger partial charge in [0.1, 0.15) is 0 Å². The van der Waals surface area contributed by atoms with Crippen LogP contribution in [0.25, 0.3) is 0 Å². The topological polar surface area (TPSA) is 64.8 Å². The van der Waals surface area contributed by atoms with Gasteiger partial charge in [0, 0.05) is 24.6 Å². The van der Waals surface area contributed by atoms with Crippen molar-refractivity contribution < 1.29 is 14.3 Å². The van der Waals surface area contributed by atoms with Gasteiger partial charge in [-0.15, -0.1) is 12.4 Å². The summed E-state index contributed by atoms with van der Waals surface area (Å²) in [4.78, 5) is 13.4. The Morgan fingerprint density at radius 2 is 2.08 bits per heavy atom. The summed E-state index contributed by atoms with van der Waals surface area (Å²) in [6, 6.07) is 2.64. The molecule has 1 aliphatic carbocycles. The number of carbonyl (C=O) groups is 1. The van der Waals surface area contributed by atoms with Crippen molar-refractivity contribution in [2.45, 2.75) is 44.6 Å². The van der Waals surface area contributed by atoms with E-state index in [4.69, 9.17) is 15.2 Å². The van der Waals surface area contributed by atoms with Gasteiger partial charge in [0.05, 0.1) is 14.2 Å². The molecule has 5 nitrogen and oxygen atoms in total. The second-order valence-electron chi connectivity index (χ2n) is 6.43. The minimum Gasteiger partial charge on any atom is -0.493 e. The number of nitrogens with two attached hydrogens (primary N) is 1. The Morgan fingerprint density at radius 1 is 1.29 bits per heavy atom. The molecule has 2 N–H and O–H groups in total. The molecule has 6 heteroatoms. The lowest BCUT2D eigenvalue weighted by Crippen LogP contribution is -2.35. The first kappa shape index (κ1) is 18.9. The molecule has 0 saturated carbocycles. The Bertz CT molecular complexity index is 606. The number of benzene rings is 1. The van der Waals surface area contributed by atoms with Crippen LogP contribution in [0.1, 0.15) is 48.4 Å². The highest BCUT2D eigenvalue weighted by molar-refractivity contribution is 5.85. The van der Waals surface area contributed by atoms with Gasteiger partial charge in [0.15, 0.2) is 11.5 Å². The summed E-state index contributed by atoms with van der Waals surface area (Å²) >= 11 is 0. The number of amides is 1. The average molecular weight is 355 g/mol. The van der Waals surface area contributed by atoms with Gasteiger partial charge in [0.2, 0.25) is 5.91 Å². The fourth-order valence-electron chi connectivity index (χ4n) is 4.10. The van der Waals surface area contributed by atoms with Crippen LogP contribution in [0.15, 0.2) is 6.07 Å². The third kappa shape index (κ3) is 3.47. The van der Waals surface area contributed by atoms with Gasteiger partial charge in [0.25, 0.3) is 0 Å². The number of primary amides is 1. The molecule has 0 bridgehead atoms. The van der Waals surface area contributed by atoms with Crippen molar-refractivity contribution in [3.05, 3.63) is 22.8 Å². The number of carbonyl (C=O) groups excluding carboxylic acids is 1. The monoisotopic (exact) mass is 354 g/mol. The maximum absolute atomic E-state index is 10.9. The van der Waals surface area contributed by atoms with Crippen LogP contribution in [0.5, 0.6) is 11.5 Å². The van der Waals surface area contributed by atoms with Crippen LogP contribution in [-0.4, -0.2) is 38.1 Å². The van der Waals surface area contributed by atoms with Crippen molar-refractivity contribution in [1.29, 1.82) is 0 Å². The Morgan fingerprint density at radius 3 is 2.75 bits per heavy atom. The molecule has 1 heterocycles. The zero-order chi connectivity index (χ0) is 16.4. The number of ether oxygens (including phenoxy) is 2. The molecule has 24 heavy (non-hydrogen) atoms. The smallest absolute Gasteiger partial charge is 0.217 e. The van der Waals surface area contributed by atoms with E-state index in [-0.39, 0.29) is 18.3 Å². The van der Waals surface area contributed by atoms with E-state index in [9.17, 15) is 4.79 Å². The second-order valence-corrected chi connectivity index (χ2v) is 6.43. The summed E-state index contributed by atoms with van der Waals surface area (Å²) in [6.07, 6.45) is 5.63. The summed E-state index contributed by atoms with van der Waals surface area (Å²) in [5.41, 5.74) is 9.42. The SMILES string of the molecule is COc1cc2c3c(c1OC)CCC3N(CCCCC(N)=O)CC2.Cl. The first-order valence-electron chi connectivity index (χ1n) is 8.44. The van der Waals surface area contributed by atoms with Crippen molar-refractivity contribution >= 4 is 18.3 Å². The quantitative estimate of drug-likeness (QED) is 0.764. The molecule has 1 unspecified atom stereocenters. The van der Waals surface area contributed by atoms with E-state index in [0.717, 1.165) is 56.7 Å². The number of hydrogen-bond donors (Lipinski definition) is 1. The van der Waals surface area contributed by atoms with Crippen molar-refractivity contribution in [3.63, 3.8) is 0 Å². The van der Waals surface area contributed by atoms with E-state index in [1.165, 1.54) is 16.7 Å². The van der Waals surface area contributed by atoms with Crippen molar-refractivity contribution in [3.8, 4) is 11.5 Å². The van der Waals surface area contributed by atoms with Gasteiger partial charge < -0.3 is 15.2 Å². The lowest BCUT2D eigenvalue weighted by Gasteiger charge is -2.35. The highest BCUT2D eigenvalue weighted by Gasteiger charge is 2.36. The lowest BCUT2D eigenvalue weighted by atomic mass is 9.92. The molecule has 1 amide bonds. The van der Waals surface area contributed by atoms with Crippen molar-refractivity contribution in [2.75, 3.05) is 27.3 Å². The number of hydrogen-bond acceptors (Lipinski definition) is 4. The van der Waals surface area contributed by atoms with E-state index in [1.54, 1.807) is 14.2 Å². The van der Waals surface area contributed by atoms with Gasteiger partial charge in [-0.05, 0) is 55.8 Å². The molecule has 3 rings (SSSR count). The van der Waals surface area contributed by atoms with Gasteiger partial charge in [-0.2, -0.15) is 0 Å². The summed E-state index contributed by atoms with van der Waals surface area (Å²) in [7, 11) is 3.43. The molecule has 0 saturated heterocycles. The minimum atomic E-state index is -0.200. The van der Waals surface area contributed by atoms with E-state index in [1.807, 2.05) is 0 Å². The molecular weight excluding hydrogens is 328 g/mol. The van der Waals surface area contributed by atoms with Gasteiger partial charge in [-0.1, -0.05) is 0 Å². The van der Waals surface area contributed by atoms with Crippen molar-refractivity contribution in [1.82, 2.24) is 4.90 Å². The van der Waals surface area contributed by atoms with Gasteiger partial charge in [-0.25, -0.2) is 0 Å². The molecule has 0 fully saturated rings. The molecule has 1 atom stereocenters. The zero-order valence-electron chi connectivity index (χ0n) is 14.5. The first-order valence-corrected chi connectivity index (χ1v) is 8.44. The average Bonchev–Trinajstić information content (AvgIpc) is 2.99. The van der Waals surface area contributed by atoms with Crippen LogP contribution in [0.4, 0.5) is 0 Å². The number of halogens is 1. The molecule has 134 valence electrons. The molecule has 1 aromatic carbocycles. The van der Waals surface area contributed by atoms with Gasteiger partial charge >= 0.3 is 0 Å². The highest BCUT2D eigenvalue weighted by Crippen LogP contribution is 2.48. The molecule has 1 aromatic rings. The van der Waals surface area contributed by atoms with Gasteiger partial charge in [-0.3, -0.25) is 9.69 Å². The van der Waals surface area contributed by atoms with Crippen LogP contribution in [0, 0.1) is 0 Å². The predicted octanol–water partition coefficient (Wildman–Crippen LogP) is 2.63. The predicted molar refractivity (Wildman–Crippen MR) is 96.2 cm³/mol. The third-order valence-corrected chi connectivity index (χ3v) is 5.13. The van der Waals surface area contributed by atoms with Crippen LogP contribution in [0.2, 0.25) is 0 Å². The number of unbranched alkanes of at least 4 members (excludes halogenated alkanes) is 1. The Hall–Kier alpha value is -1.46. The first-order chi connectivity index (χ1) is 11.2. The largest absolute Gasteiger partial charge is 0.493 e. The summed E-state index contributed by atoms with van der Waals surface area (Å²) in [5, 5.41) is 0. The third-order valence-electron chi connectivity index (χ3n) is 5.13. The van der Waals surface area contributed by atoms with Crippen LogP contribution in [0.3, 0.4) is 0 Å².